The zero-order valence-corrected chi connectivity index (χ0v) is 12.1. The van der Waals surface area contributed by atoms with E-state index in [9.17, 15) is 0 Å². The summed E-state index contributed by atoms with van der Waals surface area (Å²) < 4.78 is 5.57. The summed E-state index contributed by atoms with van der Waals surface area (Å²) in [5, 5.41) is 3.56. The molecule has 2 aromatic rings. The predicted octanol–water partition coefficient (Wildman–Crippen LogP) is 4.18. The molecule has 0 saturated heterocycles. The van der Waals surface area contributed by atoms with Gasteiger partial charge in [-0.1, -0.05) is 30.3 Å². The summed E-state index contributed by atoms with van der Waals surface area (Å²) in [5.41, 5.74) is 2.68. The third-order valence-corrected chi connectivity index (χ3v) is 3.48. The fourth-order valence-corrected chi connectivity index (χ4v) is 2.45. The van der Waals surface area contributed by atoms with Crippen molar-refractivity contribution in [3.63, 3.8) is 0 Å². The highest BCUT2D eigenvalue weighted by atomic mass is 16.3. The van der Waals surface area contributed by atoms with Gasteiger partial charge >= 0.3 is 0 Å². The van der Waals surface area contributed by atoms with Crippen LogP contribution in [0.25, 0.3) is 0 Å². The van der Waals surface area contributed by atoms with Crippen molar-refractivity contribution in [1.82, 2.24) is 5.32 Å². The first kappa shape index (κ1) is 13.9. The quantitative estimate of drug-likeness (QED) is 0.785. The van der Waals surface area contributed by atoms with Gasteiger partial charge in [0, 0.05) is 11.6 Å². The molecule has 0 radical (unpaired) electrons. The number of aryl methyl sites for hydroxylation is 3. The molecule has 0 fully saturated rings. The van der Waals surface area contributed by atoms with Gasteiger partial charge in [0.25, 0.3) is 0 Å². The SMILES string of the molecule is Cc1cc(C(C)NCCCc2ccccc2)c(C)o1. The summed E-state index contributed by atoms with van der Waals surface area (Å²) in [6.07, 6.45) is 2.29. The van der Waals surface area contributed by atoms with Crippen molar-refractivity contribution in [3.8, 4) is 0 Å². The summed E-state index contributed by atoms with van der Waals surface area (Å²) in [7, 11) is 0. The molecule has 1 aromatic heterocycles. The summed E-state index contributed by atoms with van der Waals surface area (Å²) in [5.74, 6) is 2.02. The largest absolute Gasteiger partial charge is 0.466 e. The van der Waals surface area contributed by atoms with Crippen molar-refractivity contribution in [2.45, 2.75) is 39.7 Å². The summed E-state index contributed by atoms with van der Waals surface area (Å²) >= 11 is 0. The molecule has 0 saturated carbocycles. The number of hydrogen-bond acceptors (Lipinski definition) is 2. The average Bonchev–Trinajstić information content (AvgIpc) is 2.75. The van der Waals surface area contributed by atoms with Crippen LogP contribution in [0.4, 0.5) is 0 Å². The van der Waals surface area contributed by atoms with Crippen LogP contribution in [0.3, 0.4) is 0 Å². The fraction of sp³-hybridized carbons (Fsp3) is 0.412. The Labute approximate surface area is 115 Å². The minimum Gasteiger partial charge on any atom is -0.466 e. The van der Waals surface area contributed by atoms with Crippen molar-refractivity contribution in [2.24, 2.45) is 0 Å². The lowest BCUT2D eigenvalue weighted by molar-refractivity contribution is 0.488. The first-order valence-electron chi connectivity index (χ1n) is 7.01. The molecule has 0 bridgehead atoms. The van der Waals surface area contributed by atoms with E-state index in [1.165, 1.54) is 11.1 Å². The molecule has 0 amide bonds. The number of furan rings is 1. The van der Waals surface area contributed by atoms with E-state index < -0.39 is 0 Å². The van der Waals surface area contributed by atoms with Crippen LogP contribution in [0.15, 0.2) is 40.8 Å². The van der Waals surface area contributed by atoms with Crippen LogP contribution in [0, 0.1) is 13.8 Å². The van der Waals surface area contributed by atoms with E-state index in [4.69, 9.17) is 4.42 Å². The minimum absolute atomic E-state index is 0.355. The molecule has 102 valence electrons. The maximum absolute atomic E-state index is 5.57. The maximum Gasteiger partial charge on any atom is 0.105 e. The lowest BCUT2D eigenvalue weighted by Gasteiger charge is -2.13. The smallest absolute Gasteiger partial charge is 0.105 e. The van der Waals surface area contributed by atoms with Gasteiger partial charge in [-0.2, -0.15) is 0 Å². The Balaban J connectivity index is 1.75. The van der Waals surface area contributed by atoms with E-state index in [0.717, 1.165) is 30.9 Å². The van der Waals surface area contributed by atoms with Crippen molar-refractivity contribution in [2.75, 3.05) is 6.54 Å². The highest BCUT2D eigenvalue weighted by Gasteiger charge is 2.11. The van der Waals surface area contributed by atoms with Gasteiger partial charge in [0.05, 0.1) is 0 Å². The van der Waals surface area contributed by atoms with Crippen LogP contribution in [-0.2, 0) is 6.42 Å². The Morgan fingerprint density at radius 1 is 1.16 bits per heavy atom. The molecule has 1 atom stereocenters. The van der Waals surface area contributed by atoms with Crippen LogP contribution < -0.4 is 5.32 Å². The van der Waals surface area contributed by atoms with Crippen LogP contribution in [0.5, 0.6) is 0 Å². The van der Waals surface area contributed by atoms with Gasteiger partial charge in [0.15, 0.2) is 0 Å². The minimum atomic E-state index is 0.355. The molecule has 2 nitrogen and oxygen atoms in total. The normalized spacial score (nSPS) is 12.6. The molecule has 0 aliphatic rings. The Kier molecular flexibility index (Phi) is 4.80. The van der Waals surface area contributed by atoms with E-state index in [-0.39, 0.29) is 0 Å². The fourth-order valence-electron chi connectivity index (χ4n) is 2.45. The molecule has 1 aromatic carbocycles. The summed E-state index contributed by atoms with van der Waals surface area (Å²) in [6, 6.07) is 13.1. The first-order valence-corrected chi connectivity index (χ1v) is 7.01. The maximum atomic E-state index is 5.57. The van der Waals surface area contributed by atoms with E-state index in [0.29, 0.717) is 6.04 Å². The second-order valence-corrected chi connectivity index (χ2v) is 5.13. The van der Waals surface area contributed by atoms with Gasteiger partial charge in [-0.3, -0.25) is 0 Å². The van der Waals surface area contributed by atoms with E-state index in [1.807, 2.05) is 13.8 Å². The Hall–Kier alpha value is -1.54. The third-order valence-electron chi connectivity index (χ3n) is 3.48. The zero-order chi connectivity index (χ0) is 13.7. The molecule has 0 spiro atoms. The lowest BCUT2D eigenvalue weighted by atomic mass is 10.1. The van der Waals surface area contributed by atoms with Crippen molar-refractivity contribution in [1.29, 1.82) is 0 Å². The van der Waals surface area contributed by atoms with Gasteiger partial charge in [-0.05, 0) is 51.8 Å². The monoisotopic (exact) mass is 257 g/mol. The predicted molar refractivity (Wildman–Crippen MR) is 79.4 cm³/mol. The lowest BCUT2D eigenvalue weighted by Crippen LogP contribution is -2.20. The molecule has 1 unspecified atom stereocenters. The van der Waals surface area contributed by atoms with Gasteiger partial charge in [0.1, 0.15) is 11.5 Å². The zero-order valence-electron chi connectivity index (χ0n) is 12.1. The third kappa shape index (κ3) is 3.97. The summed E-state index contributed by atoms with van der Waals surface area (Å²) in [6.45, 7) is 7.25. The molecule has 1 N–H and O–H groups in total. The van der Waals surface area contributed by atoms with E-state index >= 15 is 0 Å². The molecule has 19 heavy (non-hydrogen) atoms. The standard InChI is InChI=1S/C17H23NO/c1-13-12-17(15(3)19-13)14(2)18-11-7-10-16-8-5-4-6-9-16/h4-6,8-9,12,14,18H,7,10-11H2,1-3H3. The Bertz CT molecular complexity index is 501. The molecule has 1 heterocycles. The van der Waals surface area contributed by atoms with Crippen LogP contribution in [-0.4, -0.2) is 6.54 Å². The second-order valence-electron chi connectivity index (χ2n) is 5.13. The van der Waals surface area contributed by atoms with Crippen molar-refractivity contribution in [3.05, 3.63) is 59.0 Å². The number of rotatable bonds is 6. The van der Waals surface area contributed by atoms with Gasteiger partial charge in [-0.25, -0.2) is 0 Å². The molecule has 0 aliphatic carbocycles. The van der Waals surface area contributed by atoms with Crippen LogP contribution in [0.1, 0.15) is 42.0 Å². The van der Waals surface area contributed by atoms with Gasteiger partial charge in [-0.15, -0.1) is 0 Å². The van der Waals surface area contributed by atoms with E-state index in [2.05, 4.69) is 48.6 Å². The molecular weight excluding hydrogens is 234 g/mol. The number of benzene rings is 1. The second kappa shape index (κ2) is 6.58. The molecule has 2 heteroatoms. The van der Waals surface area contributed by atoms with Crippen molar-refractivity contribution < 1.29 is 4.42 Å². The van der Waals surface area contributed by atoms with Crippen LogP contribution >= 0.6 is 0 Å². The van der Waals surface area contributed by atoms with E-state index in [1.54, 1.807) is 0 Å². The molecular formula is C17H23NO. The number of hydrogen-bond donors (Lipinski definition) is 1. The van der Waals surface area contributed by atoms with Crippen LogP contribution in [0.2, 0.25) is 0 Å². The average molecular weight is 257 g/mol. The highest BCUT2D eigenvalue weighted by molar-refractivity contribution is 5.23. The highest BCUT2D eigenvalue weighted by Crippen LogP contribution is 2.21. The van der Waals surface area contributed by atoms with Gasteiger partial charge < -0.3 is 9.73 Å². The van der Waals surface area contributed by atoms with Crippen molar-refractivity contribution >= 4 is 0 Å². The number of nitrogens with one attached hydrogen (secondary N) is 1. The Morgan fingerprint density at radius 3 is 2.53 bits per heavy atom. The Morgan fingerprint density at radius 2 is 1.89 bits per heavy atom. The topological polar surface area (TPSA) is 25.2 Å². The molecule has 0 aliphatic heterocycles. The summed E-state index contributed by atoms with van der Waals surface area (Å²) in [4.78, 5) is 0. The molecule has 2 rings (SSSR count). The van der Waals surface area contributed by atoms with Gasteiger partial charge in [0.2, 0.25) is 0 Å². The first-order chi connectivity index (χ1) is 9.16.